The number of methoxy groups -OCH3 is 1. The molecule has 0 aliphatic heterocycles. The number of thioether (sulfide) groups is 1. The van der Waals surface area contributed by atoms with Crippen molar-refractivity contribution in [3.05, 3.63) is 34.4 Å². The van der Waals surface area contributed by atoms with Gasteiger partial charge in [0.25, 0.3) is 5.69 Å². The Balaban J connectivity index is 2.92. The molecule has 0 fully saturated rings. The van der Waals surface area contributed by atoms with E-state index in [1.807, 2.05) is 13.8 Å². The summed E-state index contributed by atoms with van der Waals surface area (Å²) in [6.07, 6.45) is 0. The monoisotopic (exact) mass is 312 g/mol. The second-order valence-corrected chi connectivity index (χ2v) is 6.15. The molecule has 1 N–H and O–H groups in total. The van der Waals surface area contributed by atoms with Gasteiger partial charge in [-0.15, -0.1) is 11.8 Å². The second-order valence-electron chi connectivity index (χ2n) is 5.14. The maximum Gasteiger partial charge on any atom is 0.326 e. The van der Waals surface area contributed by atoms with Gasteiger partial charge in [-0.1, -0.05) is 12.1 Å². The molecule has 1 rings (SSSR count). The van der Waals surface area contributed by atoms with Gasteiger partial charge in [-0.25, -0.2) is 0 Å². The second kappa shape index (κ2) is 7.42. The third kappa shape index (κ3) is 4.71. The molecular formula is C14H20N2O4S. The van der Waals surface area contributed by atoms with Crippen molar-refractivity contribution in [2.75, 3.05) is 12.9 Å². The third-order valence-electron chi connectivity index (χ3n) is 2.82. The quantitative estimate of drug-likeness (QED) is 0.361. The largest absolute Gasteiger partial charge is 0.468 e. The molecule has 0 amide bonds. The van der Waals surface area contributed by atoms with Crippen molar-refractivity contribution in [1.82, 2.24) is 5.32 Å². The number of benzene rings is 1. The molecule has 6 nitrogen and oxygen atoms in total. The normalized spacial score (nSPS) is 13.8. The topological polar surface area (TPSA) is 81.5 Å². The SMILES string of the molecule is COC(=O)C(C)(CSc1ccccc1[N+](=O)[O-])NC(C)C. The van der Waals surface area contributed by atoms with Crippen molar-refractivity contribution < 1.29 is 14.5 Å². The Bertz CT molecular complexity index is 521. The van der Waals surface area contributed by atoms with Gasteiger partial charge >= 0.3 is 5.97 Å². The summed E-state index contributed by atoms with van der Waals surface area (Å²) in [5, 5.41) is 14.2. The zero-order chi connectivity index (χ0) is 16.0. The number of carbonyl (C=O) groups excluding carboxylic acids is 1. The molecule has 0 saturated heterocycles. The molecule has 0 bridgehead atoms. The number of rotatable bonds is 7. The summed E-state index contributed by atoms with van der Waals surface area (Å²) in [5.41, 5.74) is -0.864. The number of nitrogens with one attached hydrogen (secondary N) is 1. The maximum atomic E-state index is 12.0. The molecule has 0 aromatic heterocycles. The first-order chi connectivity index (χ1) is 9.80. The molecule has 0 radical (unpaired) electrons. The van der Waals surface area contributed by atoms with Crippen molar-refractivity contribution >= 4 is 23.4 Å². The van der Waals surface area contributed by atoms with Crippen LogP contribution >= 0.6 is 11.8 Å². The number of nitro groups is 1. The van der Waals surface area contributed by atoms with Gasteiger partial charge in [0, 0.05) is 17.9 Å². The van der Waals surface area contributed by atoms with Gasteiger partial charge in [-0.3, -0.25) is 20.2 Å². The molecule has 21 heavy (non-hydrogen) atoms. The predicted octanol–water partition coefficient (Wildman–Crippen LogP) is 2.62. The van der Waals surface area contributed by atoms with E-state index in [1.54, 1.807) is 25.1 Å². The first-order valence-electron chi connectivity index (χ1n) is 6.52. The van der Waals surface area contributed by atoms with Crippen molar-refractivity contribution in [3.63, 3.8) is 0 Å². The van der Waals surface area contributed by atoms with E-state index in [4.69, 9.17) is 4.74 Å². The van der Waals surface area contributed by atoms with Crippen LogP contribution in [0.1, 0.15) is 20.8 Å². The standard InChI is InChI=1S/C14H20N2O4S/c1-10(2)15-14(3,13(17)20-4)9-21-12-8-6-5-7-11(12)16(18)19/h5-8,10,15H,9H2,1-4H3. The first-order valence-corrected chi connectivity index (χ1v) is 7.51. The van der Waals surface area contributed by atoms with Gasteiger partial charge in [0.15, 0.2) is 0 Å². The predicted molar refractivity (Wildman–Crippen MR) is 82.5 cm³/mol. The van der Waals surface area contributed by atoms with E-state index in [1.165, 1.54) is 24.9 Å². The molecule has 1 atom stereocenters. The van der Waals surface area contributed by atoms with Crippen LogP contribution in [0.25, 0.3) is 0 Å². The first kappa shape index (κ1) is 17.5. The number of hydrogen-bond acceptors (Lipinski definition) is 6. The fraction of sp³-hybridized carbons (Fsp3) is 0.500. The molecular weight excluding hydrogens is 292 g/mol. The van der Waals surface area contributed by atoms with Gasteiger partial charge in [-0.2, -0.15) is 0 Å². The fourth-order valence-corrected chi connectivity index (χ4v) is 3.08. The van der Waals surface area contributed by atoms with Crippen LogP contribution in [0.5, 0.6) is 0 Å². The lowest BCUT2D eigenvalue weighted by Crippen LogP contribution is -2.54. The molecule has 116 valence electrons. The summed E-state index contributed by atoms with van der Waals surface area (Å²) < 4.78 is 4.83. The minimum absolute atomic E-state index is 0.0410. The number of hydrogen-bond donors (Lipinski definition) is 1. The van der Waals surface area contributed by atoms with Gasteiger partial charge in [0.1, 0.15) is 5.54 Å². The summed E-state index contributed by atoms with van der Waals surface area (Å²) in [4.78, 5) is 23.1. The highest BCUT2D eigenvalue weighted by Gasteiger charge is 2.35. The van der Waals surface area contributed by atoms with Crippen LogP contribution in [-0.4, -0.2) is 35.3 Å². The Hall–Kier alpha value is -1.60. The van der Waals surface area contributed by atoms with Crippen LogP contribution in [0.4, 0.5) is 5.69 Å². The average Bonchev–Trinajstić information content (AvgIpc) is 2.43. The van der Waals surface area contributed by atoms with Crippen molar-refractivity contribution in [1.29, 1.82) is 0 Å². The molecule has 1 aromatic rings. The summed E-state index contributed by atoms with van der Waals surface area (Å²) in [7, 11) is 1.33. The highest BCUT2D eigenvalue weighted by atomic mass is 32.2. The maximum absolute atomic E-state index is 12.0. The number of esters is 1. The highest BCUT2D eigenvalue weighted by Crippen LogP contribution is 2.31. The number of ether oxygens (including phenoxy) is 1. The van der Waals surface area contributed by atoms with E-state index in [0.29, 0.717) is 10.6 Å². The molecule has 0 heterocycles. The molecule has 0 saturated carbocycles. The Labute approximate surface area is 128 Å². The number of carbonyl (C=O) groups is 1. The fourth-order valence-electron chi connectivity index (χ4n) is 1.97. The van der Waals surface area contributed by atoms with Gasteiger partial charge < -0.3 is 4.74 Å². The van der Waals surface area contributed by atoms with Gasteiger partial charge in [0.05, 0.1) is 16.9 Å². The van der Waals surface area contributed by atoms with Crippen LogP contribution < -0.4 is 5.32 Å². The van der Waals surface area contributed by atoms with E-state index in [-0.39, 0.29) is 17.7 Å². The van der Waals surface area contributed by atoms with Crippen LogP contribution in [0.2, 0.25) is 0 Å². The number of nitrogens with zero attached hydrogens (tertiary/aromatic N) is 1. The van der Waals surface area contributed by atoms with Crippen molar-refractivity contribution in [2.24, 2.45) is 0 Å². The molecule has 0 spiro atoms. The summed E-state index contributed by atoms with van der Waals surface area (Å²) in [6.45, 7) is 5.59. The number of nitro benzene ring substituents is 1. The van der Waals surface area contributed by atoms with E-state index in [9.17, 15) is 14.9 Å². The Morgan fingerprint density at radius 2 is 2.10 bits per heavy atom. The van der Waals surface area contributed by atoms with E-state index >= 15 is 0 Å². The minimum atomic E-state index is -0.905. The Morgan fingerprint density at radius 1 is 1.48 bits per heavy atom. The lowest BCUT2D eigenvalue weighted by molar-refractivity contribution is -0.387. The van der Waals surface area contributed by atoms with Gasteiger partial charge in [-0.05, 0) is 26.8 Å². The van der Waals surface area contributed by atoms with Crippen molar-refractivity contribution in [2.45, 2.75) is 37.2 Å². The zero-order valence-electron chi connectivity index (χ0n) is 12.6. The van der Waals surface area contributed by atoms with Crippen LogP contribution in [-0.2, 0) is 9.53 Å². The van der Waals surface area contributed by atoms with Crippen LogP contribution in [0, 0.1) is 10.1 Å². The Morgan fingerprint density at radius 3 is 2.62 bits per heavy atom. The van der Waals surface area contributed by atoms with E-state index < -0.39 is 10.5 Å². The number of para-hydroxylation sites is 1. The average molecular weight is 312 g/mol. The Kier molecular flexibility index (Phi) is 6.17. The molecule has 0 aliphatic carbocycles. The minimum Gasteiger partial charge on any atom is -0.468 e. The van der Waals surface area contributed by atoms with Crippen LogP contribution in [0.3, 0.4) is 0 Å². The molecule has 7 heteroatoms. The highest BCUT2D eigenvalue weighted by molar-refractivity contribution is 7.99. The smallest absolute Gasteiger partial charge is 0.326 e. The summed E-state index contributed by atoms with van der Waals surface area (Å²) >= 11 is 1.26. The van der Waals surface area contributed by atoms with Crippen LogP contribution in [0.15, 0.2) is 29.2 Å². The molecule has 1 aromatic carbocycles. The summed E-state index contributed by atoms with van der Waals surface area (Å²) in [6, 6.07) is 6.57. The van der Waals surface area contributed by atoms with Crippen molar-refractivity contribution in [3.8, 4) is 0 Å². The summed E-state index contributed by atoms with van der Waals surface area (Å²) in [5.74, 6) is -0.0508. The molecule has 0 aliphatic rings. The zero-order valence-corrected chi connectivity index (χ0v) is 13.4. The lowest BCUT2D eigenvalue weighted by Gasteiger charge is -2.29. The van der Waals surface area contributed by atoms with Gasteiger partial charge in [0.2, 0.25) is 0 Å². The third-order valence-corrected chi connectivity index (χ3v) is 4.20. The molecule has 1 unspecified atom stereocenters. The van der Waals surface area contributed by atoms with E-state index in [2.05, 4.69) is 5.32 Å². The van der Waals surface area contributed by atoms with E-state index in [0.717, 1.165) is 0 Å². The lowest BCUT2D eigenvalue weighted by atomic mass is 10.0.